The van der Waals surface area contributed by atoms with Crippen LogP contribution in [-0.4, -0.2) is 30.3 Å². The number of nitrogens with zero attached hydrogens (tertiary/aromatic N) is 1. The Morgan fingerprint density at radius 1 is 1.16 bits per heavy atom. The van der Waals surface area contributed by atoms with Gasteiger partial charge in [0.05, 0.1) is 11.6 Å². The van der Waals surface area contributed by atoms with E-state index in [-0.39, 0.29) is 23.4 Å². The number of benzene rings is 2. The van der Waals surface area contributed by atoms with Gasteiger partial charge in [0, 0.05) is 23.8 Å². The zero-order valence-electron chi connectivity index (χ0n) is 13.3. The van der Waals surface area contributed by atoms with Crippen LogP contribution in [0.2, 0.25) is 10.0 Å². The fourth-order valence-corrected chi connectivity index (χ4v) is 2.25. The molecule has 0 atom stereocenters. The van der Waals surface area contributed by atoms with E-state index in [1.165, 1.54) is 42.3 Å². The first-order chi connectivity index (χ1) is 11.8. The molecular formula is C18H15Cl2FN2O2. The quantitative estimate of drug-likeness (QED) is 0.788. The second-order valence-electron chi connectivity index (χ2n) is 5.26. The molecule has 0 aliphatic carbocycles. The number of nitrogens with one attached hydrogen (secondary N) is 1. The predicted octanol–water partition coefficient (Wildman–Crippen LogP) is 4.24. The van der Waals surface area contributed by atoms with E-state index >= 15 is 0 Å². The maximum Gasteiger partial charge on any atom is 0.246 e. The van der Waals surface area contributed by atoms with Gasteiger partial charge in [-0.2, -0.15) is 0 Å². The van der Waals surface area contributed by atoms with Crippen LogP contribution >= 0.6 is 23.2 Å². The summed E-state index contributed by atoms with van der Waals surface area (Å²) in [7, 11) is 1.51. The summed E-state index contributed by atoms with van der Waals surface area (Å²) in [5.41, 5.74) is 1.17. The first-order valence-corrected chi connectivity index (χ1v) is 8.04. The van der Waals surface area contributed by atoms with E-state index in [4.69, 9.17) is 23.2 Å². The van der Waals surface area contributed by atoms with Crippen molar-refractivity contribution in [2.75, 3.05) is 18.9 Å². The third kappa shape index (κ3) is 5.89. The van der Waals surface area contributed by atoms with Crippen molar-refractivity contribution in [3.05, 3.63) is 70.0 Å². The highest BCUT2D eigenvalue weighted by molar-refractivity contribution is 6.31. The predicted molar refractivity (Wildman–Crippen MR) is 98.2 cm³/mol. The molecule has 2 aromatic carbocycles. The van der Waals surface area contributed by atoms with Gasteiger partial charge in [-0.25, -0.2) is 4.39 Å². The lowest BCUT2D eigenvalue weighted by atomic mass is 10.2. The summed E-state index contributed by atoms with van der Waals surface area (Å²) in [4.78, 5) is 25.2. The van der Waals surface area contributed by atoms with E-state index < -0.39 is 5.82 Å². The minimum atomic E-state index is -0.527. The average molecular weight is 381 g/mol. The largest absolute Gasteiger partial charge is 0.333 e. The van der Waals surface area contributed by atoms with E-state index in [0.29, 0.717) is 16.3 Å². The van der Waals surface area contributed by atoms with Gasteiger partial charge >= 0.3 is 0 Å². The Bertz CT molecular complexity index is 807. The molecule has 0 aliphatic heterocycles. The van der Waals surface area contributed by atoms with Crippen molar-refractivity contribution in [1.29, 1.82) is 0 Å². The number of halogens is 3. The molecule has 0 unspecified atom stereocenters. The average Bonchev–Trinajstić information content (AvgIpc) is 2.57. The lowest BCUT2D eigenvalue weighted by molar-refractivity contribution is -0.129. The van der Waals surface area contributed by atoms with Crippen molar-refractivity contribution >= 4 is 46.8 Å². The van der Waals surface area contributed by atoms with Crippen molar-refractivity contribution in [1.82, 2.24) is 4.90 Å². The van der Waals surface area contributed by atoms with Crippen LogP contribution in [0, 0.1) is 5.82 Å². The molecule has 130 valence electrons. The second kappa shape index (κ2) is 8.65. The SMILES string of the molecule is CN(CC(=O)Nc1ccc(Cl)cc1)C(=O)/C=C/c1ccc(F)c(Cl)c1. The van der Waals surface area contributed by atoms with Crippen LogP contribution in [0.3, 0.4) is 0 Å². The standard InChI is InChI=1S/C18H15Cl2FN2O2/c1-23(11-17(24)22-14-6-4-13(19)5-7-14)18(25)9-3-12-2-8-16(21)15(20)10-12/h2-10H,11H2,1H3,(H,22,24)/b9-3+. The minimum absolute atomic E-state index is 0.0229. The molecule has 0 bridgehead atoms. The van der Waals surface area contributed by atoms with Crippen LogP contribution in [-0.2, 0) is 9.59 Å². The molecule has 2 rings (SSSR count). The molecule has 2 aromatic rings. The summed E-state index contributed by atoms with van der Waals surface area (Å²) in [6, 6.07) is 10.8. The van der Waals surface area contributed by atoms with E-state index in [0.717, 1.165) is 0 Å². The highest BCUT2D eigenvalue weighted by Gasteiger charge is 2.11. The smallest absolute Gasteiger partial charge is 0.246 e. The molecule has 7 heteroatoms. The maximum absolute atomic E-state index is 13.1. The summed E-state index contributed by atoms with van der Waals surface area (Å²) in [6.07, 6.45) is 2.79. The molecule has 0 saturated carbocycles. The van der Waals surface area contributed by atoms with Crippen molar-refractivity contribution in [2.24, 2.45) is 0 Å². The zero-order chi connectivity index (χ0) is 18.4. The Hall–Kier alpha value is -2.37. The molecule has 0 aromatic heterocycles. The van der Waals surface area contributed by atoms with Gasteiger partial charge in [-0.1, -0.05) is 29.3 Å². The zero-order valence-corrected chi connectivity index (χ0v) is 14.8. The first-order valence-electron chi connectivity index (χ1n) is 7.29. The highest BCUT2D eigenvalue weighted by atomic mass is 35.5. The number of carbonyl (C=O) groups excluding carboxylic acids is 2. The molecule has 4 nitrogen and oxygen atoms in total. The van der Waals surface area contributed by atoms with E-state index in [2.05, 4.69) is 5.32 Å². The van der Waals surface area contributed by atoms with Crippen LogP contribution in [0.25, 0.3) is 6.08 Å². The van der Waals surface area contributed by atoms with Gasteiger partial charge in [-0.15, -0.1) is 0 Å². The summed E-state index contributed by atoms with van der Waals surface area (Å²) in [6.45, 7) is -0.115. The summed E-state index contributed by atoms with van der Waals surface area (Å²) < 4.78 is 13.1. The fourth-order valence-electron chi connectivity index (χ4n) is 1.94. The normalized spacial score (nSPS) is 10.7. The highest BCUT2D eigenvalue weighted by Crippen LogP contribution is 2.17. The molecule has 25 heavy (non-hydrogen) atoms. The Morgan fingerprint density at radius 2 is 1.84 bits per heavy atom. The second-order valence-corrected chi connectivity index (χ2v) is 6.10. The molecule has 0 radical (unpaired) electrons. The lowest BCUT2D eigenvalue weighted by Crippen LogP contribution is -2.33. The maximum atomic E-state index is 13.1. The van der Waals surface area contributed by atoms with Crippen LogP contribution in [0.4, 0.5) is 10.1 Å². The van der Waals surface area contributed by atoms with Crippen LogP contribution in [0.1, 0.15) is 5.56 Å². The van der Waals surface area contributed by atoms with E-state index in [1.54, 1.807) is 24.3 Å². The van der Waals surface area contributed by atoms with Gasteiger partial charge < -0.3 is 10.2 Å². The van der Waals surface area contributed by atoms with Gasteiger partial charge in [-0.3, -0.25) is 9.59 Å². The number of anilines is 1. The number of hydrogen-bond acceptors (Lipinski definition) is 2. The molecule has 0 fully saturated rings. The number of amides is 2. The van der Waals surface area contributed by atoms with Gasteiger partial charge in [0.2, 0.25) is 11.8 Å². The van der Waals surface area contributed by atoms with Crippen molar-refractivity contribution < 1.29 is 14.0 Å². The Kier molecular flexibility index (Phi) is 6.56. The van der Waals surface area contributed by atoms with E-state index in [1.807, 2.05) is 0 Å². The fraction of sp³-hybridized carbons (Fsp3) is 0.111. The van der Waals surface area contributed by atoms with Gasteiger partial charge in [0.1, 0.15) is 5.82 Å². The minimum Gasteiger partial charge on any atom is -0.333 e. The number of likely N-dealkylation sites (N-methyl/N-ethyl adjacent to an activating group) is 1. The molecule has 2 amide bonds. The Balaban J connectivity index is 1.90. The Morgan fingerprint density at radius 3 is 2.48 bits per heavy atom. The van der Waals surface area contributed by atoms with Gasteiger partial charge in [0.25, 0.3) is 0 Å². The summed E-state index contributed by atoms with van der Waals surface area (Å²) >= 11 is 11.5. The van der Waals surface area contributed by atoms with Crippen LogP contribution in [0.5, 0.6) is 0 Å². The molecular weight excluding hydrogens is 366 g/mol. The van der Waals surface area contributed by atoms with Gasteiger partial charge in [-0.05, 0) is 48.0 Å². The summed E-state index contributed by atoms with van der Waals surface area (Å²) in [5.74, 6) is -1.23. The molecule has 0 saturated heterocycles. The molecule has 0 spiro atoms. The third-order valence-corrected chi connectivity index (χ3v) is 3.79. The molecule has 0 aliphatic rings. The molecule has 1 N–H and O–H groups in total. The van der Waals surface area contributed by atoms with Crippen molar-refractivity contribution in [3.8, 4) is 0 Å². The first kappa shape index (κ1) is 19.0. The number of carbonyl (C=O) groups is 2. The monoisotopic (exact) mass is 380 g/mol. The van der Waals surface area contributed by atoms with Crippen molar-refractivity contribution in [2.45, 2.75) is 0 Å². The number of hydrogen-bond donors (Lipinski definition) is 1. The summed E-state index contributed by atoms with van der Waals surface area (Å²) in [5, 5.41) is 3.21. The lowest BCUT2D eigenvalue weighted by Gasteiger charge is -2.14. The van der Waals surface area contributed by atoms with Gasteiger partial charge in [0.15, 0.2) is 0 Å². The third-order valence-electron chi connectivity index (χ3n) is 3.25. The molecule has 0 heterocycles. The van der Waals surface area contributed by atoms with Crippen LogP contribution < -0.4 is 5.32 Å². The topological polar surface area (TPSA) is 49.4 Å². The van der Waals surface area contributed by atoms with E-state index in [9.17, 15) is 14.0 Å². The Labute approximate surface area is 154 Å². The van der Waals surface area contributed by atoms with Crippen LogP contribution in [0.15, 0.2) is 48.5 Å². The number of rotatable bonds is 5. The van der Waals surface area contributed by atoms with Crippen molar-refractivity contribution in [3.63, 3.8) is 0 Å².